The van der Waals surface area contributed by atoms with Gasteiger partial charge < -0.3 is 28.8 Å². The number of anilines is 1. The number of ether oxygens (including phenoxy) is 5. The number of benzene rings is 3. The number of fused-ring (bicyclic) bond motifs is 2. The number of aromatic nitrogens is 1. The molecular weight excluding hydrogens is 584 g/mol. The van der Waals surface area contributed by atoms with Gasteiger partial charge in [-0.25, -0.2) is 4.98 Å². The Labute approximate surface area is 258 Å². The Hall–Kier alpha value is -4.77. The SMILES string of the molecule is COc1ccc2nc(N3C(=O)C(=O)C(=C(O)c4ccc5c(c4)OCCO5)C3c3ccc(OCCC(C)C)c(OC)c3)sc2c1. The summed E-state index contributed by atoms with van der Waals surface area (Å²) in [4.78, 5) is 33.5. The third-order valence-electron chi connectivity index (χ3n) is 7.51. The largest absolute Gasteiger partial charge is 0.507 e. The van der Waals surface area contributed by atoms with Crippen molar-refractivity contribution in [1.82, 2.24) is 4.98 Å². The van der Waals surface area contributed by atoms with Crippen molar-refractivity contribution in [3.63, 3.8) is 0 Å². The van der Waals surface area contributed by atoms with Crippen LogP contribution in [-0.4, -0.2) is 55.8 Å². The Morgan fingerprint density at radius 3 is 2.55 bits per heavy atom. The predicted octanol–water partition coefficient (Wildman–Crippen LogP) is 6.14. The van der Waals surface area contributed by atoms with Gasteiger partial charge in [0.05, 0.1) is 42.7 Å². The van der Waals surface area contributed by atoms with Gasteiger partial charge >= 0.3 is 5.91 Å². The first-order valence-electron chi connectivity index (χ1n) is 14.3. The lowest BCUT2D eigenvalue weighted by molar-refractivity contribution is -0.132. The summed E-state index contributed by atoms with van der Waals surface area (Å²) in [6.07, 6.45) is 0.864. The van der Waals surface area contributed by atoms with Gasteiger partial charge in [-0.15, -0.1) is 0 Å². The van der Waals surface area contributed by atoms with Crippen molar-refractivity contribution in [3.8, 4) is 28.7 Å². The molecule has 0 spiro atoms. The summed E-state index contributed by atoms with van der Waals surface area (Å²) >= 11 is 1.25. The van der Waals surface area contributed by atoms with E-state index in [0.29, 0.717) is 76.3 Å². The molecule has 1 atom stereocenters. The van der Waals surface area contributed by atoms with Crippen LogP contribution >= 0.6 is 11.3 Å². The van der Waals surface area contributed by atoms with Gasteiger partial charge in [-0.1, -0.05) is 31.3 Å². The average molecular weight is 617 g/mol. The number of carbonyl (C=O) groups is 2. The van der Waals surface area contributed by atoms with Crippen LogP contribution in [0.3, 0.4) is 0 Å². The molecule has 0 bridgehead atoms. The molecule has 1 unspecified atom stereocenters. The molecule has 3 heterocycles. The summed E-state index contributed by atoms with van der Waals surface area (Å²) in [5, 5.41) is 12.0. The highest BCUT2D eigenvalue weighted by Gasteiger charge is 2.48. The number of carbonyl (C=O) groups excluding carboxylic acids is 2. The Kier molecular flexibility index (Phi) is 8.05. The third-order valence-corrected chi connectivity index (χ3v) is 8.52. The Bertz CT molecular complexity index is 1780. The monoisotopic (exact) mass is 616 g/mol. The standard InChI is InChI=1S/C33H32N2O8S/c1-18(2)11-12-41-23-9-5-19(15-25(23)40-4)29-28(30(36)20-6-10-24-26(16-20)43-14-13-42-24)31(37)32(38)35(29)33-34-22-8-7-21(39-3)17-27(22)44-33/h5-10,15-18,29,36H,11-14H2,1-4H3. The molecular formula is C33H32N2O8S. The van der Waals surface area contributed by atoms with Crippen molar-refractivity contribution in [3.05, 3.63) is 71.3 Å². The summed E-state index contributed by atoms with van der Waals surface area (Å²) < 4.78 is 29.1. The van der Waals surface area contributed by atoms with Crippen LogP contribution in [0.4, 0.5) is 5.13 Å². The van der Waals surface area contributed by atoms with Crippen molar-refractivity contribution in [2.75, 3.05) is 38.9 Å². The molecule has 3 aromatic carbocycles. The maximum absolute atomic E-state index is 13.8. The van der Waals surface area contributed by atoms with Crippen LogP contribution in [0.15, 0.2) is 60.2 Å². The fourth-order valence-electron chi connectivity index (χ4n) is 5.19. The topological polar surface area (TPSA) is 117 Å². The molecule has 1 amide bonds. The van der Waals surface area contributed by atoms with E-state index in [1.54, 1.807) is 55.6 Å². The highest BCUT2D eigenvalue weighted by atomic mass is 32.1. The van der Waals surface area contributed by atoms with Gasteiger partial charge in [0.2, 0.25) is 0 Å². The second-order valence-electron chi connectivity index (χ2n) is 10.8. The normalized spacial score (nSPS) is 17.4. The van der Waals surface area contributed by atoms with E-state index >= 15 is 0 Å². The molecule has 0 radical (unpaired) electrons. The first-order valence-corrected chi connectivity index (χ1v) is 15.1. The molecule has 4 aromatic rings. The second kappa shape index (κ2) is 12.1. The molecule has 228 valence electrons. The number of thiazole rings is 1. The molecule has 1 fully saturated rings. The molecule has 0 saturated carbocycles. The molecule has 10 nitrogen and oxygen atoms in total. The van der Waals surface area contributed by atoms with Gasteiger partial charge in [-0.3, -0.25) is 14.5 Å². The van der Waals surface area contributed by atoms with Gasteiger partial charge in [-0.05, 0) is 66.4 Å². The molecule has 1 N–H and O–H groups in total. The highest BCUT2D eigenvalue weighted by Crippen LogP contribution is 2.46. The van der Waals surface area contributed by atoms with E-state index in [-0.39, 0.29) is 11.3 Å². The van der Waals surface area contributed by atoms with Crippen molar-refractivity contribution in [1.29, 1.82) is 0 Å². The number of nitrogens with zero attached hydrogens (tertiary/aromatic N) is 2. The van der Waals surface area contributed by atoms with E-state index in [1.165, 1.54) is 23.3 Å². The minimum atomic E-state index is -1.01. The molecule has 1 aromatic heterocycles. The van der Waals surface area contributed by atoms with Crippen LogP contribution in [0.25, 0.3) is 16.0 Å². The molecule has 0 aliphatic carbocycles. The predicted molar refractivity (Wildman–Crippen MR) is 166 cm³/mol. The van der Waals surface area contributed by atoms with Gasteiger partial charge in [-0.2, -0.15) is 0 Å². The van der Waals surface area contributed by atoms with Crippen LogP contribution in [0.5, 0.6) is 28.7 Å². The number of hydrogen-bond donors (Lipinski definition) is 1. The zero-order valence-corrected chi connectivity index (χ0v) is 25.6. The summed E-state index contributed by atoms with van der Waals surface area (Å²) in [5.41, 5.74) is 1.41. The van der Waals surface area contributed by atoms with Gasteiger partial charge in [0.1, 0.15) is 24.7 Å². The minimum absolute atomic E-state index is 0.0842. The number of methoxy groups -OCH3 is 2. The lowest BCUT2D eigenvalue weighted by atomic mass is 9.95. The van der Waals surface area contributed by atoms with Gasteiger partial charge in [0.15, 0.2) is 28.1 Å². The van der Waals surface area contributed by atoms with Crippen LogP contribution in [-0.2, 0) is 9.59 Å². The smallest absolute Gasteiger partial charge is 0.301 e. The number of aliphatic hydroxyl groups excluding tert-OH is 1. The molecule has 2 aliphatic rings. The van der Waals surface area contributed by atoms with E-state index in [4.69, 9.17) is 28.7 Å². The van der Waals surface area contributed by atoms with E-state index in [9.17, 15) is 14.7 Å². The van der Waals surface area contributed by atoms with Crippen LogP contribution in [0, 0.1) is 5.92 Å². The lowest BCUT2D eigenvalue weighted by Gasteiger charge is -2.24. The average Bonchev–Trinajstić information content (AvgIpc) is 3.57. The number of ketones is 1. The van der Waals surface area contributed by atoms with E-state index < -0.39 is 17.7 Å². The number of hydrogen-bond acceptors (Lipinski definition) is 10. The number of amides is 1. The fraction of sp³-hybridized carbons (Fsp3) is 0.303. The maximum Gasteiger partial charge on any atom is 0.301 e. The second-order valence-corrected chi connectivity index (χ2v) is 11.8. The van der Waals surface area contributed by atoms with Gasteiger partial charge in [0.25, 0.3) is 5.78 Å². The Morgan fingerprint density at radius 1 is 1.00 bits per heavy atom. The highest BCUT2D eigenvalue weighted by molar-refractivity contribution is 7.22. The number of aliphatic hydroxyl groups is 1. The van der Waals surface area contributed by atoms with E-state index in [2.05, 4.69) is 13.8 Å². The maximum atomic E-state index is 13.8. The first-order chi connectivity index (χ1) is 21.3. The van der Waals surface area contributed by atoms with Gasteiger partial charge in [0, 0.05) is 5.56 Å². The Balaban J connectivity index is 1.49. The van der Waals surface area contributed by atoms with Crippen molar-refractivity contribution < 1.29 is 38.4 Å². The minimum Gasteiger partial charge on any atom is -0.507 e. The van der Waals surface area contributed by atoms with Crippen molar-refractivity contribution in [2.24, 2.45) is 5.92 Å². The quantitative estimate of drug-likeness (QED) is 0.135. The summed E-state index contributed by atoms with van der Waals surface area (Å²) in [6, 6.07) is 14.5. The third kappa shape index (κ3) is 5.39. The van der Waals surface area contributed by atoms with Crippen molar-refractivity contribution in [2.45, 2.75) is 26.3 Å². The van der Waals surface area contributed by atoms with Crippen LogP contribution in [0.2, 0.25) is 0 Å². The number of rotatable bonds is 9. The zero-order valence-electron chi connectivity index (χ0n) is 24.8. The van der Waals surface area contributed by atoms with E-state index in [1.807, 2.05) is 6.07 Å². The van der Waals surface area contributed by atoms with E-state index in [0.717, 1.165) is 11.1 Å². The lowest BCUT2D eigenvalue weighted by Crippen LogP contribution is -2.29. The van der Waals surface area contributed by atoms with Crippen LogP contribution in [0.1, 0.15) is 37.4 Å². The summed E-state index contributed by atoms with van der Waals surface area (Å²) in [6.45, 7) is 5.51. The molecule has 6 rings (SSSR count). The number of Topliss-reactive ketones (excluding diaryl/α,β-unsaturated/α-hetero) is 1. The Morgan fingerprint density at radius 2 is 1.80 bits per heavy atom. The molecule has 11 heteroatoms. The first kappa shape index (κ1) is 29.3. The summed E-state index contributed by atoms with van der Waals surface area (Å²) in [5.74, 6) is 1.07. The van der Waals surface area contributed by atoms with Crippen LogP contribution < -0.4 is 28.6 Å². The van der Waals surface area contributed by atoms with Crippen molar-refractivity contribution >= 4 is 44.1 Å². The summed E-state index contributed by atoms with van der Waals surface area (Å²) in [7, 11) is 3.10. The fourth-order valence-corrected chi connectivity index (χ4v) is 6.21. The molecule has 2 aliphatic heterocycles. The molecule has 1 saturated heterocycles. The zero-order chi connectivity index (χ0) is 31.0. The molecule has 44 heavy (non-hydrogen) atoms.